The van der Waals surface area contributed by atoms with E-state index < -0.39 is 6.10 Å². The van der Waals surface area contributed by atoms with Crippen LogP contribution in [-0.2, 0) is 6.42 Å². The van der Waals surface area contributed by atoms with Crippen LogP contribution < -0.4 is 0 Å². The maximum absolute atomic E-state index is 13.1. The summed E-state index contributed by atoms with van der Waals surface area (Å²) in [4.78, 5) is 4.10. The average molecular weight is 266 g/mol. The van der Waals surface area contributed by atoms with Gasteiger partial charge in [0, 0.05) is 17.6 Å². The highest BCUT2D eigenvalue weighted by Crippen LogP contribution is 2.23. The number of aryl methyl sites for hydroxylation is 1. The highest BCUT2D eigenvalue weighted by Gasteiger charge is 2.13. The van der Waals surface area contributed by atoms with E-state index >= 15 is 0 Å². The van der Waals surface area contributed by atoms with E-state index in [-0.39, 0.29) is 12.2 Å². The van der Waals surface area contributed by atoms with Crippen LogP contribution >= 0.6 is 11.6 Å². The van der Waals surface area contributed by atoms with Crippen molar-refractivity contribution < 1.29 is 9.50 Å². The number of hydrogen-bond acceptors (Lipinski definition) is 2. The average Bonchev–Trinajstić information content (AvgIpc) is 2.34. The molecule has 1 heterocycles. The van der Waals surface area contributed by atoms with E-state index in [0.717, 1.165) is 5.56 Å². The van der Waals surface area contributed by atoms with E-state index in [0.29, 0.717) is 16.3 Å². The van der Waals surface area contributed by atoms with E-state index in [1.54, 1.807) is 12.3 Å². The first-order valence-corrected chi connectivity index (χ1v) is 5.98. The van der Waals surface area contributed by atoms with Crippen LogP contribution in [0, 0.1) is 12.7 Å². The van der Waals surface area contributed by atoms with Gasteiger partial charge in [0.2, 0.25) is 0 Å². The highest BCUT2D eigenvalue weighted by atomic mass is 35.5. The molecule has 0 aliphatic carbocycles. The summed E-state index contributed by atoms with van der Waals surface area (Å²) in [5, 5.41) is 10.5. The zero-order valence-corrected chi connectivity index (χ0v) is 10.7. The second kappa shape index (κ2) is 5.46. The van der Waals surface area contributed by atoms with Gasteiger partial charge < -0.3 is 5.11 Å². The van der Waals surface area contributed by atoms with Gasteiger partial charge in [-0.05, 0) is 48.4 Å². The van der Waals surface area contributed by atoms with Crippen LogP contribution in [0.4, 0.5) is 4.39 Å². The monoisotopic (exact) mass is 265 g/mol. The van der Waals surface area contributed by atoms with Gasteiger partial charge >= 0.3 is 0 Å². The Kier molecular flexibility index (Phi) is 3.94. The molecule has 0 bridgehead atoms. The van der Waals surface area contributed by atoms with Crippen molar-refractivity contribution in [3.63, 3.8) is 0 Å². The van der Waals surface area contributed by atoms with E-state index in [4.69, 9.17) is 11.6 Å². The lowest BCUT2D eigenvalue weighted by Gasteiger charge is -2.12. The first-order valence-electron chi connectivity index (χ1n) is 5.61. The molecular weight excluding hydrogens is 253 g/mol. The number of aromatic nitrogens is 1. The van der Waals surface area contributed by atoms with Gasteiger partial charge in [-0.15, -0.1) is 0 Å². The Hall–Kier alpha value is -1.45. The molecule has 1 N–H and O–H groups in total. The van der Waals surface area contributed by atoms with Crippen LogP contribution in [-0.4, -0.2) is 10.1 Å². The maximum atomic E-state index is 13.1. The maximum Gasteiger partial charge on any atom is 0.123 e. The largest absolute Gasteiger partial charge is 0.386 e. The molecule has 0 saturated carbocycles. The van der Waals surface area contributed by atoms with Crippen molar-refractivity contribution in [1.82, 2.24) is 4.98 Å². The Labute approximate surface area is 110 Å². The summed E-state index contributed by atoms with van der Waals surface area (Å²) < 4.78 is 13.1. The third kappa shape index (κ3) is 3.06. The lowest BCUT2D eigenvalue weighted by atomic mass is 10.0. The van der Waals surface area contributed by atoms with Gasteiger partial charge in [0.25, 0.3) is 0 Å². The molecule has 94 valence electrons. The summed E-state index contributed by atoms with van der Waals surface area (Å²) in [7, 11) is 0. The summed E-state index contributed by atoms with van der Waals surface area (Å²) >= 11 is 5.96. The molecule has 0 radical (unpaired) electrons. The molecule has 0 amide bonds. The number of nitrogens with zero attached hydrogens (tertiary/aromatic N) is 1. The van der Waals surface area contributed by atoms with Crippen molar-refractivity contribution in [1.29, 1.82) is 0 Å². The molecule has 0 spiro atoms. The summed E-state index contributed by atoms with van der Waals surface area (Å²) in [5.74, 6) is -0.362. The summed E-state index contributed by atoms with van der Waals surface area (Å²) in [5.41, 5.74) is 2.16. The number of halogens is 2. The Morgan fingerprint density at radius 1 is 1.33 bits per heavy atom. The van der Waals surface area contributed by atoms with E-state index in [2.05, 4.69) is 4.98 Å². The van der Waals surface area contributed by atoms with Crippen LogP contribution in [0.15, 0.2) is 36.5 Å². The lowest BCUT2D eigenvalue weighted by Crippen LogP contribution is -2.05. The van der Waals surface area contributed by atoms with Gasteiger partial charge in [0.15, 0.2) is 0 Å². The molecule has 4 heteroatoms. The van der Waals surface area contributed by atoms with Gasteiger partial charge in [-0.1, -0.05) is 11.6 Å². The highest BCUT2D eigenvalue weighted by molar-refractivity contribution is 6.31. The third-order valence-corrected chi connectivity index (χ3v) is 3.07. The lowest BCUT2D eigenvalue weighted by molar-refractivity contribution is 0.173. The fraction of sp³-hybridized carbons (Fsp3) is 0.214. The van der Waals surface area contributed by atoms with Gasteiger partial charge in [0.05, 0.1) is 5.69 Å². The van der Waals surface area contributed by atoms with E-state index in [9.17, 15) is 9.50 Å². The minimum Gasteiger partial charge on any atom is -0.386 e. The normalized spacial score (nSPS) is 12.4. The van der Waals surface area contributed by atoms with E-state index in [1.807, 2.05) is 13.0 Å². The van der Waals surface area contributed by atoms with Gasteiger partial charge in [-0.2, -0.15) is 0 Å². The number of pyridine rings is 1. The molecule has 0 aliphatic rings. The predicted octanol–water partition coefficient (Wildman–Crippen LogP) is 3.46. The number of rotatable bonds is 3. The molecular formula is C14H13ClFNO. The summed E-state index contributed by atoms with van der Waals surface area (Å²) in [6.45, 7) is 1.92. The van der Waals surface area contributed by atoms with Crippen LogP contribution in [0.1, 0.15) is 22.9 Å². The second-order valence-electron chi connectivity index (χ2n) is 4.21. The van der Waals surface area contributed by atoms with Gasteiger partial charge in [-0.25, -0.2) is 4.39 Å². The molecule has 18 heavy (non-hydrogen) atoms. The van der Waals surface area contributed by atoms with Crippen molar-refractivity contribution in [2.24, 2.45) is 0 Å². The topological polar surface area (TPSA) is 33.1 Å². The van der Waals surface area contributed by atoms with Gasteiger partial charge in [-0.3, -0.25) is 4.98 Å². The Morgan fingerprint density at radius 3 is 2.83 bits per heavy atom. The Balaban J connectivity index is 2.21. The van der Waals surface area contributed by atoms with Crippen LogP contribution in [0.5, 0.6) is 0 Å². The molecule has 0 saturated heterocycles. The number of aliphatic hydroxyl groups is 1. The standard InChI is InChI=1S/C14H13ClFNO/c1-9-4-5-17-13(6-9)14(18)8-10-7-11(16)2-3-12(10)15/h2-7,14,18H,8H2,1H3. The quantitative estimate of drug-likeness (QED) is 0.922. The fourth-order valence-corrected chi connectivity index (χ4v) is 1.95. The molecule has 0 fully saturated rings. The van der Waals surface area contributed by atoms with Crippen LogP contribution in [0.25, 0.3) is 0 Å². The summed E-state index contributed by atoms with van der Waals surface area (Å²) in [6.07, 6.45) is 1.10. The Bertz CT molecular complexity index is 559. The first-order chi connectivity index (χ1) is 8.56. The van der Waals surface area contributed by atoms with Crippen LogP contribution in [0.3, 0.4) is 0 Å². The van der Waals surface area contributed by atoms with Crippen molar-refractivity contribution in [2.75, 3.05) is 0 Å². The van der Waals surface area contributed by atoms with Crippen molar-refractivity contribution in [3.05, 3.63) is 64.2 Å². The molecule has 0 aliphatic heterocycles. The SMILES string of the molecule is Cc1ccnc(C(O)Cc2cc(F)ccc2Cl)c1. The minimum atomic E-state index is -0.788. The molecule has 1 aromatic heterocycles. The predicted molar refractivity (Wildman–Crippen MR) is 69.0 cm³/mol. The molecule has 2 aromatic rings. The van der Waals surface area contributed by atoms with Crippen molar-refractivity contribution in [2.45, 2.75) is 19.4 Å². The van der Waals surface area contributed by atoms with E-state index in [1.165, 1.54) is 18.2 Å². The molecule has 1 atom stereocenters. The summed E-state index contributed by atoms with van der Waals surface area (Å²) in [6, 6.07) is 7.77. The zero-order chi connectivity index (χ0) is 13.1. The molecule has 2 nitrogen and oxygen atoms in total. The molecule has 2 rings (SSSR count). The number of benzene rings is 1. The Morgan fingerprint density at radius 2 is 2.11 bits per heavy atom. The van der Waals surface area contributed by atoms with Gasteiger partial charge in [0.1, 0.15) is 11.9 Å². The van der Waals surface area contributed by atoms with Crippen molar-refractivity contribution >= 4 is 11.6 Å². The minimum absolute atomic E-state index is 0.243. The molecule has 1 unspecified atom stereocenters. The number of hydrogen-bond donors (Lipinski definition) is 1. The van der Waals surface area contributed by atoms with Crippen molar-refractivity contribution in [3.8, 4) is 0 Å². The smallest absolute Gasteiger partial charge is 0.123 e. The first kappa shape index (κ1) is 13.0. The van der Waals surface area contributed by atoms with Crippen LogP contribution in [0.2, 0.25) is 5.02 Å². The second-order valence-corrected chi connectivity index (χ2v) is 4.62. The fourth-order valence-electron chi connectivity index (χ4n) is 1.75. The third-order valence-electron chi connectivity index (χ3n) is 2.70. The molecule has 1 aromatic carbocycles. The zero-order valence-electron chi connectivity index (χ0n) is 9.90. The number of aliphatic hydroxyl groups excluding tert-OH is 1.